The van der Waals surface area contributed by atoms with Crippen molar-refractivity contribution in [3.05, 3.63) is 11.2 Å². The average molecular weight is 271 g/mol. The number of anilines is 1. The Bertz CT molecular complexity index is 415. The SMILES string of the molecule is COc1ncc(Cl)c(N2CCC(C)CC2CN)n1. The maximum atomic E-state index is 6.18. The molecule has 100 valence electrons. The fourth-order valence-corrected chi connectivity index (χ4v) is 2.60. The second-order valence-electron chi connectivity index (χ2n) is 4.74. The minimum Gasteiger partial charge on any atom is -0.467 e. The summed E-state index contributed by atoms with van der Waals surface area (Å²) in [5.74, 6) is 1.42. The highest BCUT2D eigenvalue weighted by Gasteiger charge is 2.28. The number of piperidine rings is 1. The summed E-state index contributed by atoms with van der Waals surface area (Å²) in [5, 5.41) is 0.545. The molecule has 2 atom stereocenters. The van der Waals surface area contributed by atoms with Crippen LogP contribution in [0.4, 0.5) is 5.82 Å². The number of nitrogens with zero attached hydrogens (tertiary/aromatic N) is 3. The zero-order chi connectivity index (χ0) is 13.1. The van der Waals surface area contributed by atoms with Gasteiger partial charge >= 0.3 is 6.01 Å². The first-order valence-electron chi connectivity index (χ1n) is 6.19. The summed E-state index contributed by atoms with van der Waals surface area (Å²) < 4.78 is 5.05. The molecule has 2 N–H and O–H groups in total. The van der Waals surface area contributed by atoms with Gasteiger partial charge in [0.1, 0.15) is 5.02 Å². The Morgan fingerprint density at radius 2 is 2.39 bits per heavy atom. The Hall–Kier alpha value is -1.07. The molecule has 2 rings (SSSR count). The van der Waals surface area contributed by atoms with Crippen molar-refractivity contribution in [1.82, 2.24) is 9.97 Å². The predicted octanol–water partition coefficient (Wildman–Crippen LogP) is 1.70. The summed E-state index contributed by atoms with van der Waals surface area (Å²) in [5.41, 5.74) is 5.85. The minimum atomic E-state index is 0.283. The molecule has 0 aromatic carbocycles. The monoisotopic (exact) mass is 270 g/mol. The lowest BCUT2D eigenvalue weighted by Crippen LogP contribution is -2.46. The van der Waals surface area contributed by atoms with Gasteiger partial charge in [0.15, 0.2) is 5.82 Å². The van der Waals surface area contributed by atoms with Crippen molar-refractivity contribution >= 4 is 17.4 Å². The fraction of sp³-hybridized carbons (Fsp3) is 0.667. The Balaban J connectivity index is 2.28. The van der Waals surface area contributed by atoms with E-state index in [9.17, 15) is 0 Å². The molecule has 1 fully saturated rings. The molecule has 1 aliphatic rings. The highest BCUT2D eigenvalue weighted by atomic mass is 35.5. The van der Waals surface area contributed by atoms with E-state index in [0.717, 1.165) is 25.2 Å². The van der Waals surface area contributed by atoms with E-state index in [-0.39, 0.29) is 6.04 Å². The fourth-order valence-electron chi connectivity index (χ4n) is 2.40. The Morgan fingerprint density at radius 3 is 3.06 bits per heavy atom. The van der Waals surface area contributed by atoms with E-state index in [1.54, 1.807) is 13.3 Å². The first kappa shape index (κ1) is 13.4. The molecular formula is C12H19ClN4O. The largest absolute Gasteiger partial charge is 0.467 e. The smallest absolute Gasteiger partial charge is 0.318 e. The van der Waals surface area contributed by atoms with Crippen molar-refractivity contribution in [2.75, 3.05) is 25.1 Å². The summed E-state index contributed by atoms with van der Waals surface area (Å²) in [6.07, 6.45) is 3.77. The van der Waals surface area contributed by atoms with E-state index in [2.05, 4.69) is 21.8 Å². The summed E-state index contributed by atoms with van der Waals surface area (Å²) in [6, 6.07) is 0.620. The Kier molecular flexibility index (Phi) is 4.24. The molecule has 1 aromatic rings. The van der Waals surface area contributed by atoms with Crippen LogP contribution in [-0.4, -0.2) is 36.2 Å². The summed E-state index contributed by atoms with van der Waals surface area (Å²) >= 11 is 6.18. The molecule has 0 radical (unpaired) electrons. The quantitative estimate of drug-likeness (QED) is 0.906. The van der Waals surface area contributed by atoms with E-state index >= 15 is 0 Å². The van der Waals surface area contributed by atoms with Gasteiger partial charge in [-0.3, -0.25) is 0 Å². The molecule has 1 aliphatic heterocycles. The van der Waals surface area contributed by atoms with Gasteiger partial charge in [-0.2, -0.15) is 4.98 Å². The van der Waals surface area contributed by atoms with Crippen LogP contribution in [0.5, 0.6) is 6.01 Å². The van der Waals surface area contributed by atoms with E-state index in [1.165, 1.54) is 0 Å². The van der Waals surface area contributed by atoms with Crippen LogP contribution in [0.2, 0.25) is 5.02 Å². The Labute approximate surface area is 112 Å². The zero-order valence-electron chi connectivity index (χ0n) is 10.8. The standard InChI is InChI=1S/C12H19ClN4O/c1-8-3-4-17(9(5-8)6-14)11-10(13)7-15-12(16-11)18-2/h7-9H,3-6,14H2,1-2H3. The lowest BCUT2D eigenvalue weighted by atomic mass is 9.92. The van der Waals surface area contributed by atoms with Crippen LogP contribution in [0.25, 0.3) is 0 Å². The van der Waals surface area contributed by atoms with Gasteiger partial charge in [-0.05, 0) is 18.8 Å². The molecule has 0 saturated carbocycles. The molecular weight excluding hydrogens is 252 g/mol. The molecule has 0 aliphatic carbocycles. The normalized spacial score (nSPS) is 24.1. The van der Waals surface area contributed by atoms with Crippen molar-refractivity contribution in [3.63, 3.8) is 0 Å². The van der Waals surface area contributed by atoms with Crippen LogP contribution in [-0.2, 0) is 0 Å². The molecule has 1 aromatic heterocycles. The number of rotatable bonds is 3. The average Bonchev–Trinajstić information content (AvgIpc) is 2.39. The number of ether oxygens (including phenoxy) is 1. The second kappa shape index (κ2) is 5.71. The topological polar surface area (TPSA) is 64.3 Å². The lowest BCUT2D eigenvalue weighted by Gasteiger charge is -2.39. The van der Waals surface area contributed by atoms with Crippen LogP contribution in [0, 0.1) is 5.92 Å². The van der Waals surface area contributed by atoms with E-state index in [1.807, 2.05) is 0 Å². The van der Waals surface area contributed by atoms with Gasteiger partial charge in [0.25, 0.3) is 0 Å². The molecule has 6 heteroatoms. The van der Waals surface area contributed by atoms with Gasteiger partial charge < -0.3 is 15.4 Å². The van der Waals surface area contributed by atoms with Gasteiger partial charge in [-0.1, -0.05) is 18.5 Å². The van der Waals surface area contributed by atoms with Gasteiger partial charge in [-0.15, -0.1) is 0 Å². The molecule has 0 amide bonds. The van der Waals surface area contributed by atoms with Crippen molar-refractivity contribution in [2.45, 2.75) is 25.8 Å². The van der Waals surface area contributed by atoms with Gasteiger partial charge in [0, 0.05) is 19.1 Å². The summed E-state index contributed by atoms with van der Waals surface area (Å²) in [4.78, 5) is 10.5. The number of hydrogen-bond acceptors (Lipinski definition) is 5. The summed E-state index contributed by atoms with van der Waals surface area (Å²) in [7, 11) is 1.55. The molecule has 0 bridgehead atoms. The number of nitrogens with two attached hydrogens (primary N) is 1. The van der Waals surface area contributed by atoms with E-state index < -0.39 is 0 Å². The number of halogens is 1. The van der Waals surface area contributed by atoms with Crippen LogP contribution in [0.3, 0.4) is 0 Å². The maximum absolute atomic E-state index is 6.18. The highest BCUT2D eigenvalue weighted by Crippen LogP contribution is 2.31. The number of aromatic nitrogens is 2. The van der Waals surface area contributed by atoms with Crippen molar-refractivity contribution in [2.24, 2.45) is 11.7 Å². The molecule has 2 heterocycles. The van der Waals surface area contributed by atoms with Crippen LogP contribution in [0.1, 0.15) is 19.8 Å². The third kappa shape index (κ3) is 2.67. The Morgan fingerprint density at radius 1 is 1.61 bits per heavy atom. The molecule has 1 saturated heterocycles. The highest BCUT2D eigenvalue weighted by molar-refractivity contribution is 6.32. The third-order valence-electron chi connectivity index (χ3n) is 3.41. The predicted molar refractivity (Wildman–Crippen MR) is 72.2 cm³/mol. The lowest BCUT2D eigenvalue weighted by molar-refractivity contribution is 0.358. The number of hydrogen-bond donors (Lipinski definition) is 1. The van der Waals surface area contributed by atoms with Crippen LogP contribution in [0.15, 0.2) is 6.20 Å². The summed E-state index contributed by atoms with van der Waals surface area (Å²) in [6.45, 7) is 3.78. The van der Waals surface area contributed by atoms with Crippen molar-refractivity contribution < 1.29 is 4.74 Å². The molecule has 5 nitrogen and oxygen atoms in total. The van der Waals surface area contributed by atoms with Crippen molar-refractivity contribution in [1.29, 1.82) is 0 Å². The molecule has 2 unspecified atom stereocenters. The second-order valence-corrected chi connectivity index (χ2v) is 5.15. The zero-order valence-corrected chi connectivity index (χ0v) is 11.5. The van der Waals surface area contributed by atoms with Gasteiger partial charge in [-0.25, -0.2) is 4.98 Å². The first-order valence-corrected chi connectivity index (χ1v) is 6.56. The third-order valence-corrected chi connectivity index (χ3v) is 3.67. The molecule has 18 heavy (non-hydrogen) atoms. The van der Waals surface area contributed by atoms with Gasteiger partial charge in [0.05, 0.1) is 13.3 Å². The minimum absolute atomic E-state index is 0.283. The number of methoxy groups -OCH3 is 1. The van der Waals surface area contributed by atoms with Gasteiger partial charge in [0.2, 0.25) is 0 Å². The van der Waals surface area contributed by atoms with E-state index in [4.69, 9.17) is 22.1 Å². The van der Waals surface area contributed by atoms with E-state index in [0.29, 0.717) is 23.5 Å². The van der Waals surface area contributed by atoms with Crippen molar-refractivity contribution in [3.8, 4) is 6.01 Å². The van der Waals surface area contributed by atoms with Crippen LogP contribution < -0.4 is 15.4 Å². The van der Waals surface area contributed by atoms with Crippen LogP contribution >= 0.6 is 11.6 Å². The first-order chi connectivity index (χ1) is 8.65. The molecule has 0 spiro atoms. The maximum Gasteiger partial charge on any atom is 0.318 e.